The molecule has 0 spiro atoms. The number of hydrogen-bond acceptors (Lipinski definition) is 9. The highest BCUT2D eigenvalue weighted by atomic mass is 16.6. The second-order valence-corrected chi connectivity index (χ2v) is 8.82. The Balaban J connectivity index is 0.000000404. The molecular weight excluding hydrogens is 442 g/mol. The highest BCUT2D eigenvalue weighted by Gasteiger charge is 2.38. The van der Waals surface area contributed by atoms with Crippen molar-refractivity contribution in [3.05, 3.63) is 46.9 Å². The monoisotopic (exact) mass is 483 g/mol. The average Bonchev–Trinajstić information content (AvgIpc) is 3.12. The van der Waals surface area contributed by atoms with Crippen LogP contribution in [0.4, 0.5) is 0 Å². The van der Waals surface area contributed by atoms with E-state index in [1.54, 1.807) is 0 Å². The molecule has 8 N–H and O–H groups in total. The highest BCUT2D eigenvalue weighted by Crippen LogP contribution is 2.21. The number of carbonyl (C=O) groups is 1. The van der Waals surface area contributed by atoms with E-state index in [2.05, 4.69) is 35.9 Å². The molecule has 1 aromatic rings. The third kappa shape index (κ3) is 9.99. The van der Waals surface area contributed by atoms with Crippen LogP contribution < -0.4 is 5.73 Å². The number of aliphatic hydroxyl groups excluding tert-OH is 6. The number of ether oxygens (including phenoxy) is 1. The molecule has 1 aromatic carbocycles. The molecule has 1 aliphatic heterocycles. The highest BCUT2D eigenvalue weighted by molar-refractivity contribution is 5.89. The predicted octanol–water partition coefficient (Wildman–Crippen LogP) is 1.80. The number of hydrogen-bond donors (Lipinski definition) is 7. The van der Waals surface area contributed by atoms with Gasteiger partial charge in [0.05, 0.1) is 25.4 Å². The van der Waals surface area contributed by atoms with Gasteiger partial charge in [0.2, 0.25) is 5.76 Å². The van der Waals surface area contributed by atoms with Crippen molar-refractivity contribution in [1.82, 2.24) is 0 Å². The van der Waals surface area contributed by atoms with Crippen molar-refractivity contribution in [3.63, 3.8) is 0 Å². The van der Waals surface area contributed by atoms with Gasteiger partial charge in [-0.1, -0.05) is 63.3 Å². The summed E-state index contributed by atoms with van der Waals surface area (Å²) in [5, 5.41) is 53.4. The lowest BCUT2D eigenvalue weighted by Gasteiger charge is -2.24. The smallest absolute Gasteiger partial charge is 0.377 e. The van der Waals surface area contributed by atoms with Crippen LogP contribution in [-0.2, 0) is 22.4 Å². The number of esters is 1. The van der Waals surface area contributed by atoms with E-state index >= 15 is 0 Å². The first kappa shape index (κ1) is 29.9. The van der Waals surface area contributed by atoms with Crippen molar-refractivity contribution < 1.29 is 40.2 Å². The van der Waals surface area contributed by atoms with Crippen molar-refractivity contribution in [1.29, 1.82) is 0 Å². The van der Waals surface area contributed by atoms with E-state index in [0.29, 0.717) is 6.42 Å². The number of rotatable bonds is 14. The van der Waals surface area contributed by atoms with Crippen molar-refractivity contribution in [3.8, 4) is 0 Å². The third-order valence-corrected chi connectivity index (χ3v) is 5.86. The molecule has 0 unspecified atom stereocenters. The van der Waals surface area contributed by atoms with Crippen LogP contribution in [0, 0.1) is 0 Å². The molecule has 2 atom stereocenters. The summed E-state index contributed by atoms with van der Waals surface area (Å²) in [5.41, 5.74) is 7.63. The molecule has 0 aromatic heterocycles. The quantitative estimate of drug-likeness (QED) is 0.154. The fraction of sp³-hybridized carbons (Fsp3) is 0.640. The second-order valence-electron chi connectivity index (χ2n) is 8.82. The molecule has 0 bridgehead atoms. The van der Waals surface area contributed by atoms with Crippen LogP contribution in [0.25, 0.3) is 0 Å². The van der Waals surface area contributed by atoms with Crippen LogP contribution in [0.1, 0.15) is 63.0 Å². The normalized spacial score (nSPS) is 16.8. The summed E-state index contributed by atoms with van der Waals surface area (Å²) < 4.78 is 4.32. The maximum atomic E-state index is 10.5. The maximum absolute atomic E-state index is 10.5. The van der Waals surface area contributed by atoms with Crippen LogP contribution in [-0.4, -0.2) is 74.2 Å². The number of aliphatic hydroxyl groups is 6. The summed E-state index contributed by atoms with van der Waals surface area (Å²) in [7, 11) is 0. The zero-order valence-electron chi connectivity index (χ0n) is 20.0. The van der Waals surface area contributed by atoms with Gasteiger partial charge in [-0.3, -0.25) is 0 Å². The largest absolute Gasteiger partial charge is 0.505 e. The Bertz CT molecular complexity index is 746. The maximum Gasteiger partial charge on any atom is 0.377 e. The van der Waals surface area contributed by atoms with Crippen molar-refractivity contribution in [2.24, 2.45) is 5.73 Å². The minimum Gasteiger partial charge on any atom is -0.505 e. The minimum absolute atomic E-state index is 0.181. The standard InChI is InChI=1S/C19H33NO2.C6H8O6/c1-2-3-4-5-6-7-8-17-9-11-18(12-10-17)13-14-19(20,15-21)16-22;7-1-2(8)5-3(9)4(10)6(11)12-5/h9-12,21-22H,2-8,13-16,20H2,1H3;2,5,7-10H,1H2/t;2-,5+/m.0/s1. The van der Waals surface area contributed by atoms with Crippen molar-refractivity contribution in [2.75, 3.05) is 19.8 Å². The molecule has 1 aliphatic rings. The molecule has 194 valence electrons. The lowest BCUT2D eigenvalue weighted by atomic mass is 9.93. The van der Waals surface area contributed by atoms with Gasteiger partial charge in [-0.05, 0) is 36.8 Å². The molecule has 0 saturated heterocycles. The van der Waals surface area contributed by atoms with E-state index in [0.717, 1.165) is 12.8 Å². The minimum atomic E-state index is -1.42. The number of carbonyl (C=O) groups excluding carboxylic acids is 1. The average molecular weight is 484 g/mol. The van der Waals surface area contributed by atoms with Crippen LogP contribution in [0.5, 0.6) is 0 Å². The number of nitrogens with two attached hydrogens (primary N) is 1. The van der Waals surface area contributed by atoms with E-state index in [9.17, 15) is 15.0 Å². The molecule has 0 radical (unpaired) electrons. The topological polar surface area (TPSA) is 174 Å². The van der Waals surface area contributed by atoms with Gasteiger partial charge in [-0.25, -0.2) is 4.79 Å². The summed E-state index contributed by atoms with van der Waals surface area (Å²) in [6, 6.07) is 8.66. The van der Waals surface area contributed by atoms with Gasteiger partial charge in [-0.2, -0.15) is 0 Å². The first-order valence-corrected chi connectivity index (χ1v) is 11.9. The van der Waals surface area contributed by atoms with Crippen molar-refractivity contribution >= 4 is 5.97 Å². The Labute approximate surface area is 201 Å². The third-order valence-electron chi connectivity index (χ3n) is 5.86. The van der Waals surface area contributed by atoms with Gasteiger partial charge in [0.15, 0.2) is 11.9 Å². The summed E-state index contributed by atoms with van der Waals surface area (Å²) in [6.45, 7) is 1.21. The molecule has 0 saturated carbocycles. The molecule has 0 fully saturated rings. The number of benzene rings is 1. The van der Waals surface area contributed by atoms with Crippen LogP contribution in [0.3, 0.4) is 0 Å². The summed E-state index contributed by atoms with van der Waals surface area (Å²) in [5.74, 6) is -2.78. The fourth-order valence-electron chi connectivity index (χ4n) is 3.41. The van der Waals surface area contributed by atoms with E-state index in [-0.39, 0.29) is 13.2 Å². The van der Waals surface area contributed by atoms with Gasteiger partial charge >= 0.3 is 5.97 Å². The fourth-order valence-corrected chi connectivity index (χ4v) is 3.41. The van der Waals surface area contributed by atoms with E-state index in [1.807, 2.05) is 0 Å². The van der Waals surface area contributed by atoms with Gasteiger partial charge < -0.3 is 41.1 Å². The number of unbranched alkanes of at least 4 members (excludes halogenated alkanes) is 5. The lowest BCUT2D eigenvalue weighted by molar-refractivity contribution is -0.147. The summed E-state index contributed by atoms with van der Waals surface area (Å²) in [4.78, 5) is 10.5. The van der Waals surface area contributed by atoms with Gasteiger partial charge in [0.25, 0.3) is 0 Å². The van der Waals surface area contributed by atoms with Gasteiger partial charge in [0.1, 0.15) is 6.10 Å². The molecule has 34 heavy (non-hydrogen) atoms. The second kappa shape index (κ2) is 15.7. The zero-order valence-corrected chi connectivity index (χ0v) is 20.0. The van der Waals surface area contributed by atoms with Gasteiger partial charge in [-0.15, -0.1) is 0 Å². The van der Waals surface area contributed by atoms with Crippen LogP contribution in [0.2, 0.25) is 0 Å². The Morgan fingerprint density at radius 2 is 1.47 bits per heavy atom. The summed E-state index contributed by atoms with van der Waals surface area (Å²) in [6.07, 6.45) is 7.73. The molecule has 1 heterocycles. The van der Waals surface area contributed by atoms with E-state index in [4.69, 9.17) is 26.2 Å². The lowest BCUT2D eigenvalue weighted by Crippen LogP contribution is -2.47. The Morgan fingerprint density at radius 1 is 0.941 bits per heavy atom. The summed E-state index contributed by atoms with van der Waals surface area (Å²) >= 11 is 0. The molecule has 9 nitrogen and oxygen atoms in total. The molecule has 2 rings (SSSR count). The first-order chi connectivity index (χ1) is 16.2. The van der Waals surface area contributed by atoms with Crippen LogP contribution >= 0.6 is 0 Å². The SMILES string of the molecule is CCCCCCCCc1ccc(CCC(N)(CO)CO)cc1.O=C1O[C@H]([C@@H](O)CO)C(O)=C1O. The molecular formula is C25H41NO8. The van der Waals surface area contributed by atoms with Crippen molar-refractivity contribution in [2.45, 2.75) is 82.5 Å². The Morgan fingerprint density at radius 3 is 1.94 bits per heavy atom. The molecule has 0 amide bonds. The molecule has 9 heteroatoms. The Kier molecular flexibility index (Phi) is 13.8. The van der Waals surface area contributed by atoms with Crippen LogP contribution in [0.15, 0.2) is 35.8 Å². The number of aryl methyl sites for hydroxylation is 2. The van der Waals surface area contributed by atoms with Gasteiger partial charge in [0, 0.05) is 0 Å². The zero-order chi connectivity index (χ0) is 25.6. The first-order valence-electron chi connectivity index (χ1n) is 11.9. The number of cyclic esters (lactones) is 1. The Hall–Kier alpha value is -2.17. The predicted molar refractivity (Wildman–Crippen MR) is 128 cm³/mol. The van der Waals surface area contributed by atoms with E-state index in [1.165, 1.54) is 49.7 Å². The van der Waals surface area contributed by atoms with E-state index < -0.39 is 41.8 Å². The molecule has 0 aliphatic carbocycles.